The van der Waals surface area contributed by atoms with Crippen molar-refractivity contribution in [2.75, 3.05) is 0 Å². The lowest BCUT2D eigenvalue weighted by Gasteiger charge is -2.14. The lowest BCUT2D eigenvalue weighted by molar-refractivity contribution is 0.482. The molecule has 1 N–H and O–H groups in total. The SMILES string of the molecule is C[C@H](NCc1cc2ccccc2o1)c1ccccc1Cl. The molecular weight excluding hydrogens is 270 g/mol. The monoisotopic (exact) mass is 285 g/mol. The first-order chi connectivity index (χ1) is 9.74. The Balaban J connectivity index is 1.71. The predicted octanol–water partition coefficient (Wildman–Crippen LogP) is 4.94. The van der Waals surface area contributed by atoms with E-state index in [1.807, 2.05) is 42.5 Å². The van der Waals surface area contributed by atoms with Crippen LogP contribution in [0.2, 0.25) is 5.02 Å². The van der Waals surface area contributed by atoms with Gasteiger partial charge >= 0.3 is 0 Å². The highest BCUT2D eigenvalue weighted by atomic mass is 35.5. The molecule has 2 nitrogen and oxygen atoms in total. The van der Waals surface area contributed by atoms with E-state index in [-0.39, 0.29) is 6.04 Å². The molecule has 3 rings (SSSR count). The van der Waals surface area contributed by atoms with Crippen molar-refractivity contribution in [2.45, 2.75) is 19.5 Å². The van der Waals surface area contributed by atoms with Gasteiger partial charge in [0.05, 0.1) is 6.54 Å². The summed E-state index contributed by atoms with van der Waals surface area (Å²) in [7, 11) is 0. The molecule has 0 aliphatic carbocycles. The molecule has 0 aliphatic rings. The van der Waals surface area contributed by atoms with E-state index < -0.39 is 0 Å². The van der Waals surface area contributed by atoms with Gasteiger partial charge in [0.1, 0.15) is 11.3 Å². The van der Waals surface area contributed by atoms with Gasteiger partial charge in [-0.3, -0.25) is 0 Å². The van der Waals surface area contributed by atoms with Gasteiger partial charge in [0.2, 0.25) is 0 Å². The van der Waals surface area contributed by atoms with Crippen LogP contribution in [-0.2, 0) is 6.54 Å². The smallest absolute Gasteiger partial charge is 0.134 e. The summed E-state index contributed by atoms with van der Waals surface area (Å²) in [5.41, 5.74) is 2.03. The second-order valence-corrected chi connectivity index (χ2v) is 5.28. The molecule has 1 heterocycles. The molecule has 1 aromatic heterocycles. The molecule has 0 fully saturated rings. The third kappa shape index (κ3) is 2.72. The van der Waals surface area contributed by atoms with E-state index in [0.717, 1.165) is 27.3 Å². The predicted molar refractivity (Wildman–Crippen MR) is 82.9 cm³/mol. The fraction of sp³-hybridized carbons (Fsp3) is 0.176. The Bertz CT molecular complexity index is 687. The van der Waals surface area contributed by atoms with Crippen LogP contribution in [0, 0.1) is 0 Å². The molecule has 2 aromatic carbocycles. The third-order valence-corrected chi connectivity index (χ3v) is 3.77. The Hall–Kier alpha value is -1.77. The van der Waals surface area contributed by atoms with Crippen molar-refractivity contribution in [3.05, 3.63) is 70.9 Å². The molecule has 0 radical (unpaired) electrons. The number of hydrogen-bond donors (Lipinski definition) is 1. The van der Waals surface area contributed by atoms with Gasteiger partial charge in [0.25, 0.3) is 0 Å². The van der Waals surface area contributed by atoms with Crippen LogP contribution < -0.4 is 5.32 Å². The molecule has 0 amide bonds. The number of fused-ring (bicyclic) bond motifs is 1. The number of nitrogens with one attached hydrogen (secondary N) is 1. The summed E-state index contributed by atoms with van der Waals surface area (Å²) in [4.78, 5) is 0. The van der Waals surface area contributed by atoms with Crippen molar-refractivity contribution in [3.8, 4) is 0 Å². The summed E-state index contributed by atoms with van der Waals surface area (Å²) in [6.07, 6.45) is 0. The summed E-state index contributed by atoms with van der Waals surface area (Å²) in [5, 5.41) is 5.36. The number of para-hydroxylation sites is 1. The van der Waals surface area contributed by atoms with E-state index in [2.05, 4.69) is 24.4 Å². The molecular formula is C17H16ClNO. The topological polar surface area (TPSA) is 25.2 Å². The fourth-order valence-electron chi connectivity index (χ4n) is 2.31. The minimum Gasteiger partial charge on any atom is -0.460 e. The second-order valence-electron chi connectivity index (χ2n) is 4.87. The van der Waals surface area contributed by atoms with Crippen LogP contribution in [0.3, 0.4) is 0 Å². The minimum absolute atomic E-state index is 0.178. The maximum absolute atomic E-state index is 6.20. The van der Waals surface area contributed by atoms with Crippen molar-refractivity contribution in [2.24, 2.45) is 0 Å². The van der Waals surface area contributed by atoms with Crippen LogP contribution in [-0.4, -0.2) is 0 Å². The molecule has 3 heteroatoms. The number of halogens is 1. The zero-order valence-electron chi connectivity index (χ0n) is 11.3. The van der Waals surface area contributed by atoms with Crippen molar-refractivity contribution >= 4 is 22.6 Å². The van der Waals surface area contributed by atoms with E-state index in [9.17, 15) is 0 Å². The Morgan fingerprint density at radius 1 is 1.10 bits per heavy atom. The molecule has 102 valence electrons. The zero-order chi connectivity index (χ0) is 13.9. The zero-order valence-corrected chi connectivity index (χ0v) is 12.0. The molecule has 3 aromatic rings. The average molecular weight is 286 g/mol. The Morgan fingerprint density at radius 3 is 2.65 bits per heavy atom. The van der Waals surface area contributed by atoms with E-state index in [1.54, 1.807) is 0 Å². The Kier molecular flexibility index (Phi) is 3.77. The van der Waals surface area contributed by atoms with E-state index >= 15 is 0 Å². The second kappa shape index (κ2) is 5.70. The standard InChI is InChI=1S/C17H16ClNO/c1-12(15-7-3-4-8-16(15)18)19-11-14-10-13-6-2-5-9-17(13)20-14/h2-10,12,19H,11H2,1H3/t12-/m0/s1. The van der Waals surface area contributed by atoms with Crippen LogP contribution in [0.4, 0.5) is 0 Å². The number of hydrogen-bond acceptors (Lipinski definition) is 2. The summed E-state index contributed by atoms with van der Waals surface area (Å²) >= 11 is 6.20. The quantitative estimate of drug-likeness (QED) is 0.735. The van der Waals surface area contributed by atoms with Crippen LogP contribution in [0.15, 0.2) is 59.0 Å². The average Bonchev–Trinajstić information content (AvgIpc) is 2.88. The Labute approximate surface area is 123 Å². The van der Waals surface area contributed by atoms with Crippen molar-refractivity contribution < 1.29 is 4.42 Å². The summed E-state index contributed by atoms with van der Waals surface area (Å²) in [6, 6.07) is 18.2. The highest BCUT2D eigenvalue weighted by Crippen LogP contribution is 2.23. The van der Waals surface area contributed by atoms with Crippen molar-refractivity contribution in [1.29, 1.82) is 0 Å². The molecule has 0 bridgehead atoms. The van der Waals surface area contributed by atoms with Crippen LogP contribution in [0.5, 0.6) is 0 Å². The maximum Gasteiger partial charge on any atom is 0.134 e. The van der Waals surface area contributed by atoms with Gasteiger partial charge in [-0.2, -0.15) is 0 Å². The van der Waals surface area contributed by atoms with Gasteiger partial charge in [0, 0.05) is 16.5 Å². The third-order valence-electron chi connectivity index (χ3n) is 3.43. The Morgan fingerprint density at radius 2 is 1.85 bits per heavy atom. The van der Waals surface area contributed by atoms with Crippen molar-refractivity contribution in [1.82, 2.24) is 5.32 Å². The van der Waals surface area contributed by atoms with Gasteiger partial charge in [-0.15, -0.1) is 0 Å². The summed E-state index contributed by atoms with van der Waals surface area (Å²) in [5.74, 6) is 0.935. The molecule has 0 aliphatic heterocycles. The fourth-order valence-corrected chi connectivity index (χ4v) is 2.61. The molecule has 0 spiro atoms. The number of benzene rings is 2. The summed E-state index contributed by atoms with van der Waals surface area (Å²) in [6.45, 7) is 2.78. The largest absolute Gasteiger partial charge is 0.460 e. The minimum atomic E-state index is 0.178. The van der Waals surface area contributed by atoms with Gasteiger partial charge in [-0.1, -0.05) is 48.0 Å². The number of rotatable bonds is 4. The molecule has 0 saturated heterocycles. The molecule has 1 atom stereocenters. The first-order valence-corrected chi connectivity index (χ1v) is 7.07. The molecule has 0 saturated carbocycles. The van der Waals surface area contributed by atoms with Crippen molar-refractivity contribution in [3.63, 3.8) is 0 Å². The van der Waals surface area contributed by atoms with E-state index in [1.165, 1.54) is 0 Å². The number of furan rings is 1. The van der Waals surface area contributed by atoms with Gasteiger partial charge in [0.15, 0.2) is 0 Å². The maximum atomic E-state index is 6.20. The normalized spacial score (nSPS) is 12.7. The lowest BCUT2D eigenvalue weighted by Crippen LogP contribution is -2.18. The molecule has 20 heavy (non-hydrogen) atoms. The van der Waals surface area contributed by atoms with Gasteiger partial charge < -0.3 is 9.73 Å². The highest BCUT2D eigenvalue weighted by Gasteiger charge is 2.10. The van der Waals surface area contributed by atoms with Gasteiger partial charge in [-0.05, 0) is 30.7 Å². The van der Waals surface area contributed by atoms with Gasteiger partial charge in [-0.25, -0.2) is 0 Å². The van der Waals surface area contributed by atoms with E-state index in [0.29, 0.717) is 6.54 Å². The molecule has 0 unspecified atom stereocenters. The van der Waals surface area contributed by atoms with E-state index in [4.69, 9.17) is 16.0 Å². The summed E-state index contributed by atoms with van der Waals surface area (Å²) < 4.78 is 5.79. The lowest BCUT2D eigenvalue weighted by atomic mass is 10.1. The first kappa shape index (κ1) is 13.2. The van der Waals surface area contributed by atoms with Crippen LogP contribution >= 0.6 is 11.6 Å². The first-order valence-electron chi connectivity index (χ1n) is 6.69. The highest BCUT2D eigenvalue weighted by molar-refractivity contribution is 6.31. The van der Waals surface area contributed by atoms with Crippen LogP contribution in [0.25, 0.3) is 11.0 Å². The van der Waals surface area contributed by atoms with Crippen LogP contribution in [0.1, 0.15) is 24.3 Å².